The lowest BCUT2D eigenvalue weighted by Crippen LogP contribution is -2.02. The van der Waals surface area contributed by atoms with Gasteiger partial charge in [-0.15, -0.1) is 0 Å². The standard InChI is InChI=1S/C4H9O5P/c1-7-4(5)10(6,8-2)9-3/h1-3H3. The van der Waals surface area contributed by atoms with Gasteiger partial charge in [-0.25, -0.2) is 9.36 Å². The third-order valence-electron chi connectivity index (χ3n) is 0.879. The Hall–Kier alpha value is -0.380. The maximum atomic E-state index is 11.0. The molecule has 0 aromatic rings. The lowest BCUT2D eigenvalue weighted by Gasteiger charge is -2.08. The highest BCUT2D eigenvalue weighted by molar-refractivity contribution is 7.71. The van der Waals surface area contributed by atoms with Gasteiger partial charge in [0.25, 0.3) is 0 Å². The zero-order valence-corrected chi connectivity index (χ0v) is 6.88. The van der Waals surface area contributed by atoms with Crippen molar-refractivity contribution in [2.45, 2.75) is 0 Å². The quantitative estimate of drug-likeness (QED) is 0.593. The molecule has 0 aliphatic heterocycles. The Morgan fingerprint density at radius 3 is 1.70 bits per heavy atom. The Morgan fingerprint density at radius 2 is 1.60 bits per heavy atom. The number of hydrogen-bond donors (Lipinski definition) is 0. The van der Waals surface area contributed by atoms with Crippen molar-refractivity contribution in [1.29, 1.82) is 0 Å². The summed E-state index contributed by atoms with van der Waals surface area (Å²) in [5.74, 6) is 0. The molecule has 6 heteroatoms. The van der Waals surface area contributed by atoms with Crippen molar-refractivity contribution in [2.75, 3.05) is 21.3 Å². The Bertz CT molecular complexity index is 157. The Morgan fingerprint density at radius 1 is 1.20 bits per heavy atom. The minimum atomic E-state index is -3.63. The molecular formula is C4H9O5P. The highest BCUT2D eigenvalue weighted by Gasteiger charge is 2.33. The summed E-state index contributed by atoms with van der Waals surface area (Å²) in [5, 5.41) is 0. The number of carbonyl (C=O) groups is 1. The number of methoxy groups -OCH3 is 1. The van der Waals surface area contributed by atoms with Crippen LogP contribution in [0.3, 0.4) is 0 Å². The maximum Gasteiger partial charge on any atom is 0.437 e. The fraction of sp³-hybridized carbons (Fsp3) is 0.750. The summed E-state index contributed by atoms with van der Waals surface area (Å²) in [6, 6.07) is 0. The SMILES string of the molecule is COC(=O)P(=O)(OC)OC. The van der Waals surface area contributed by atoms with Crippen molar-refractivity contribution < 1.29 is 23.1 Å². The first-order chi connectivity index (χ1) is 4.60. The molecule has 0 saturated heterocycles. The number of ether oxygens (including phenoxy) is 1. The monoisotopic (exact) mass is 168 g/mol. The van der Waals surface area contributed by atoms with E-state index in [0.717, 1.165) is 21.3 Å². The van der Waals surface area contributed by atoms with Gasteiger partial charge in [-0.05, 0) is 0 Å². The summed E-state index contributed by atoms with van der Waals surface area (Å²) >= 11 is 0. The van der Waals surface area contributed by atoms with Crippen LogP contribution in [0.2, 0.25) is 0 Å². The summed E-state index contributed by atoms with van der Waals surface area (Å²) in [6.07, 6.45) is 0. The van der Waals surface area contributed by atoms with E-state index in [4.69, 9.17) is 0 Å². The number of rotatable bonds is 3. The van der Waals surface area contributed by atoms with Gasteiger partial charge in [-0.3, -0.25) is 0 Å². The van der Waals surface area contributed by atoms with Crippen molar-refractivity contribution in [3.8, 4) is 0 Å². The molecular weight excluding hydrogens is 159 g/mol. The van der Waals surface area contributed by atoms with Crippen molar-refractivity contribution in [2.24, 2.45) is 0 Å². The Labute approximate surface area is 58.8 Å². The highest BCUT2D eigenvalue weighted by Crippen LogP contribution is 2.47. The predicted molar refractivity (Wildman–Crippen MR) is 34.0 cm³/mol. The minimum Gasteiger partial charge on any atom is -0.460 e. The van der Waals surface area contributed by atoms with Crippen LogP contribution in [0.1, 0.15) is 0 Å². The fourth-order valence-electron chi connectivity index (χ4n) is 0.335. The molecule has 10 heavy (non-hydrogen) atoms. The van der Waals surface area contributed by atoms with E-state index in [-0.39, 0.29) is 0 Å². The smallest absolute Gasteiger partial charge is 0.437 e. The molecule has 0 atom stereocenters. The van der Waals surface area contributed by atoms with Gasteiger partial charge in [0, 0.05) is 14.2 Å². The molecule has 0 amide bonds. The predicted octanol–water partition coefficient (Wildman–Crippen LogP) is 1.24. The number of hydrogen-bond acceptors (Lipinski definition) is 5. The van der Waals surface area contributed by atoms with Crippen molar-refractivity contribution in [3.05, 3.63) is 0 Å². The second kappa shape index (κ2) is 3.71. The molecule has 0 unspecified atom stereocenters. The van der Waals surface area contributed by atoms with Gasteiger partial charge >= 0.3 is 13.3 Å². The van der Waals surface area contributed by atoms with Gasteiger partial charge in [0.15, 0.2) is 0 Å². The fourth-order valence-corrected chi connectivity index (χ4v) is 1.01. The zero-order valence-electron chi connectivity index (χ0n) is 5.99. The minimum absolute atomic E-state index is 0.988. The third-order valence-corrected chi connectivity index (χ3v) is 2.47. The zero-order chi connectivity index (χ0) is 8.20. The van der Waals surface area contributed by atoms with E-state index in [1.165, 1.54) is 0 Å². The van der Waals surface area contributed by atoms with Crippen LogP contribution in [0.25, 0.3) is 0 Å². The molecule has 0 spiro atoms. The molecule has 5 nitrogen and oxygen atoms in total. The molecule has 0 bridgehead atoms. The van der Waals surface area contributed by atoms with Crippen molar-refractivity contribution >= 4 is 13.3 Å². The lowest BCUT2D eigenvalue weighted by molar-refractivity contribution is 0.178. The number of carbonyl (C=O) groups excluding carboxylic acids is 1. The van der Waals surface area contributed by atoms with E-state index < -0.39 is 13.3 Å². The molecule has 0 fully saturated rings. The Kier molecular flexibility index (Phi) is 3.57. The van der Waals surface area contributed by atoms with Crippen LogP contribution in [0, 0.1) is 0 Å². The molecule has 0 radical (unpaired) electrons. The Balaban J connectivity index is 4.34. The molecule has 0 aromatic heterocycles. The van der Waals surface area contributed by atoms with E-state index in [1.807, 2.05) is 0 Å². The van der Waals surface area contributed by atoms with Crippen LogP contribution in [0.15, 0.2) is 0 Å². The first kappa shape index (κ1) is 9.62. The van der Waals surface area contributed by atoms with Crippen molar-refractivity contribution in [3.63, 3.8) is 0 Å². The van der Waals surface area contributed by atoms with Crippen LogP contribution in [0.5, 0.6) is 0 Å². The average molecular weight is 168 g/mol. The van der Waals surface area contributed by atoms with Crippen LogP contribution in [-0.2, 0) is 18.3 Å². The summed E-state index contributed by atoms with van der Waals surface area (Å²) in [7, 11) is -0.305. The van der Waals surface area contributed by atoms with E-state index in [9.17, 15) is 9.36 Å². The normalized spacial score (nSPS) is 11.1. The topological polar surface area (TPSA) is 61.8 Å². The molecule has 0 aromatic carbocycles. The second-order valence-corrected chi connectivity index (χ2v) is 3.42. The summed E-state index contributed by atoms with van der Waals surface area (Å²) < 4.78 is 23.7. The molecule has 0 heterocycles. The second-order valence-electron chi connectivity index (χ2n) is 1.33. The summed E-state index contributed by atoms with van der Waals surface area (Å²) in [5.41, 5.74) is -0.988. The molecule has 0 aliphatic rings. The summed E-state index contributed by atoms with van der Waals surface area (Å²) in [4.78, 5) is 10.6. The van der Waals surface area contributed by atoms with Crippen LogP contribution < -0.4 is 0 Å². The largest absolute Gasteiger partial charge is 0.460 e. The van der Waals surface area contributed by atoms with E-state index in [0.29, 0.717) is 0 Å². The molecule has 0 aliphatic carbocycles. The first-order valence-electron chi connectivity index (χ1n) is 2.40. The average Bonchev–Trinajstić information content (AvgIpc) is 2.01. The van der Waals surface area contributed by atoms with Crippen LogP contribution >= 0.6 is 7.60 Å². The molecule has 60 valence electrons. The van der Waals surface area contributed by atoms with Gasteiger partial charge in [0.1, 0.15) is 0 Å². The van der Waals surface area contributed by atoms with E-state index in [1.54, 1.807) is 0 Å². The molecule has 0 rings (SSSR count). The molecule has 0 saturated carbocycles. The van der Waals surface area contributed by atoms with Gasteiger partial charge in [0.2, 0.25) is 0 Å². The summed E-state index contributed by atoms with van der Waals surface area (Å²) in [6.45, 7) is 0. The van der Waals surface area contributed by atoms with Crippen LogP contribution in [0.4, 0.5) is 4.79 Å². The highest BCUT2D eigenvalue weighted by atomic mass is 31.2. The molecule has 0 N–H and O–H groups in total. The maximum absolute atomic E-state index is 11.0. The van der Waals surface area contributed by atoms with Crippen LogP contribution in [-0.4, -0.2) is 27.0 Å². The van der Waals surface area contributed by atoms with E-state index in [2.05, 4.69) is 13.8 Å². The lowest BCUT2D eigenvalue weighted by atomic mass is 11.5. The van der Waals surface area contributed by atoms with Gasteiger partial charge in [-0.2, -0.15) is 0 Å². The van der Waals surface area contributed by atoms with Gasteiger partial charge in [0.05, 0.1) is 7.11 Å². The third kappa shape index (κ3) is 1.80. The van der Waals surface area contributed by atoms with Crippen molar-refractivity contribution in [1.82, 2.24) is 0 Å². The van der Waals surface area contributed by atoms with Gasteiger partial charge < -0.3 is 13.8 Å². The van der Waals surface area contributed by atoms with Gasteiger partial charge in [-0.1, -0.05) is 0 Å². The van der Waals surface area contributed by atoms with E-state index >= 15 is 0 Å². The first-order valence-corrected chi connectivity index (χ1v) is 3.95.